The Morgan fingerprint density at radius 2 is 1.77 bits per heavy atom. The minimum Gasteiger partial charge on any atom is -0.453 e. The number of rotatable bonds is 6. The molecule has 1 heterocycles. The lowest BCUT2D eigenvalue weighted by Gasteiger charge is -2.13. The number of anilines is 1. The van der Waals surface area contributed by atoms with Crippen molar-refractivity contribution in [2.45, 2.75) is 0 Å². The number of methoxy groups -OCH3 is 1. The number of ether oxygens (including phenoxy) is 2. The summed E-state index contributed by atoms with van der Waals surface area (Å²) in [5, 5.41) is 6.96. The van der Waals surface area contributed by atoms with Crippen LogP contribution in [0.15, 0.2) is 41.5 Å². The summed E-state index contributed by atoms with van der Waals surface area (Å²) in [6.45, 7) is 3.42. The minimum atomic E-state index is -0.855. The quantitative estimate of drug-likeness (QED) is 0.494. The van der Waals surface area contributed by atoms with Gasteiger partial charge in [0.2, 0.25) is 0 Å². The van der Waals surface area contributed by atoms with Crippen LogP contribution in [0.3, 0.4) is 0 Å². The van der Waals surface area contributed by atoms with Crippen LogP contribution in [-0.4, -0.2) is 37.0 Å². The summed E-state index contributed by atoms with van der Waals surface area (Å²) < 4.78 is 9.96. The molecule has 0 aliphatic rings. The van der Waals surface area contributed by atoms with Crippen LogP contribution in [0.5, 0.6) is 11.5 Å². The molecule has 0 bridgehead atoms. The van der Waals surface area contributed by atoms with Crippen molar-refractivity contribution in [1.82, 2.24) is 15.6 Å². The second-order valence-electron chi connectivity index (χ2n) is 5.58. The number of H-pyrrole nitrogens is 1. The molecule has 0 spiro atoms. The smallest absolute Gasteiger partial charge is 0.411 e. The molecule has 0 aliphatic heterocycles. The van der Waals surface area contributed by atoms with Gasteiger partial charge >= 0.3 is 6.09 Å². The zero-order valence-electron chi connectivity index (χ0n) is 15.7. The molecule has 0 saturated carbocycles. The van der Waals surface area contributed by atoms with E-state index >= 15 is 0 Å². The third kappa shape index (κ3) is 5.52. The molecular weight excluding hydrogens is 439 g/mol. The number of hydrogen-bond acceptors (Lipinski definition) is 6. The number of pyridine rings is 1. The number of carbonyl (C=O) groups is 3. The lowest BCUT2D eigenvalue weighted by atomic mass is 10.2. The first-order valence-corrected chi connectivity index (χ1v) is 8.88. The topological polar surface area (TPSA) is 139 Å². The minimum absolute atomic E-state index is 0.0250. The summed E-state index contributed by atoms with van der Waals surface area (Å²) in [5.41, 5.74) is -0.826. The Morgan fingerprint density at radius 1 is 1.13 bits per heavy atom. The van der Waals surface area contributed by atoms with E-state index < -0.39 is 23.5 Å². The van der Waals surface area contributed by atoms with Crippen molar-refractivity contribution in [3.8, 4) is 11.5 Å². The molecule has 1 aromatic carbocycles. The van der Waals surface area contributed by atoms with E-state index in [9.17, 15) is 19.2 Å². The van der Waals surface area contributed by atoms with Crippen molar-refractivity contribution in [2.75, 3.05) is 19.5 Å². The zero-order chi connectivity index (χ0) is 22.4. The average Bonchev–Trinajstić information content (AvgIpc) is 2.71. The fourth-order valence-corrected chi connectivity index (χ4v) is 2.68. The van der Waals surface area contributed by atoms with E-state index in [0.29, 0.717) is 0 Å². The average molecular weight is 455 g/mol. The van der Waals surface area contributed by atoms with Crippen LogP contribution in [0.1, 0.15) is 10.4 Å². The van der Waals surface area contributed by atoms with Crippen LogP contribution >= 0.6 is 23.2 Å². The number of halogens is 2. The van der Waals surface area contributed by atoms with Gasteiger partial charge in [-0.15, -0.1) is 0 Å². The first-order valence-electron chi connectivity index (χ1n) is 8.13. The molecule has 10 nitrogen and oxygen atoms in total. The molecule has 0 fully saturated rings. The highest BCUT2D eigenvalue weighted by Crippen LogP contribution is 2.38. The number of carbonyl (C=O) groups excluding carboxylic acids is 3. The first-order chi connectivity index (χ1) is 14.2. The van der Waals surface area contributed by atoms with Crippen LogP contribution in [-0.2, 0) is 9.53 Å². The Labute approximate surface area is 180 Å². The summed E-state index contributed by atoms with van der Waals surface area (Å²) in [5.74, 6) is -1.20. The number of aromatic nitrogens is 1. The highest BCUT2D eigenvalue weighted by molar-refractivity contribution is 6.37. The van der Waals surface area contributed by atoms with Gasteiger partial charge in [-0.3, -0.25) is 19.7 Å². The molecule has 1 aromatic heterocycles. The summed E-state index contributed by atoms with van der Waals surface area (Å²) in [4.78, 5) is 49.0. The number of nitrogens with one attached hydrogen (secondary N) is 4. The maximum atomic E-state index is 12.1. The van der Waals surface area contributed by atoms with Gasteiger partial charge in [-0.2, -0.15) is 0 Å². The Kier molecular flexibility index (Phi) is 7.45. The summed E-state index contributed by atoms with van der Waals surface area (Å²) in [6.07, 6.45) is 0.381. The molecule has 4 N–H and O–H groups in total. The van der Waals surface area contributed by atoms with Crippen molar-refractivity contribution < 1.29 is 23.9 Å². The fraction of sp³-hybridized carbons (Fsp3) is 0.111. The van der Waals surface area contributed by atoms with Gasteiger partial charge < -0.3 is 25.1 Å². The van der Waals surface area contributed by atoms with E-state index in [4.69, 9.17) is 27.9 Å². The maximum absolute atomic E-state index is 12.1. The Balaban J connectivity index is 2.22. The second-order valence-corrected chi connectivity index (χ2v) is 6.39. The van der Waals surface area contributed by atoms with E-state index in [2.05, 4.69) is 32.3 Å². The van der Waals surface area contributed by atoms with Crippen molar-refractivity contribution in [2.24, 2.45) is 0 Å². The van der Waals surface area contributed by atoms with E-state index in [1.807, 2.05) is 0 Å². The van der Waals surface area contributed by atoms with Gasteiger partial charge in [-0.25, -0.2) is 4.79 Å². The number of alkyl carbamates (subject to hydrolysis) is 1. The number of hydrogen-bond donors (Lipinski definition) is 4. The third-order valence-corrected chi connectivity index (χ3v) is 4.10. The van der Waals surface area contributed by atoms with Gasteiger partial charge in [0, 0.05) is 25.0 Å². The van der Waals surface area contributed by atoms with E-state index in [1.54, 1.807) is 0 Å². The van der Waals surface area contributed by atoms with Gasteiger partial charge in [0.05, 0.1) is 17.2 Å². The standard InChI is InChI=1S/C18H16Cl2N4O6/c1-8(23-18(28)29-3)15(25)24-9-4-12(19)14(13(20)5-9)30-10-6-11(16(26)21-2)17(27)22-7-10/h4-7H,1H2,2-3H3,(H,21,26)(H,22,27)(H,23,28)(H,24,25). The van der Waals surface area contributed by atoms with Gasteiger partial charge in [0.1, 0.15) is 17.0 Å². The van der Waals surface area contributed by atoms with Gasteiger partial charge in [0.25, 0.3) is 17.4 Å². The molecule has 30 heavy (non-hydrogen) atoms. The normalized spacial score (nSPS) is 10.0. The maximum Gasteiger partial charge on any atom is 0.411 e. The van der Waals surface area contributed by atoms with Crippen molar-refractivity contribution in [3.05, 3.63) is 62.6 Å². The van der Waals surface area contributed by atoms with Gasteiger partial charge in [0.15, 0.2) is 5.75 Å². The Bertz CT molecular complexity index is 1060. The number of aromatic amines is 1. The van der Waals surface area contributed by atoms with E-state index in [0.717, 1.165) is 7.11 Å². The summed E-state index contributed by atoms with van der Waals surface area (Å²) in [6, 6.07) is 3.91. The van der Waals surface area contributed by atoms with Crippen molar-refractivity contribution in [3.63, 3.8) is 0 Å². The summed E-state index contributed by atoms with van der Waals surface area (Å²) >= 11 is 12.4. The SMILES string of the molecule is C=C(NC(=O)OC)C(=O)Nc1cc(Cl)c(Oc2c[nH]c(=O)c(C(=O)NC)c2)c(Cl)c1. The zero-order valence-corrected chi connectivity index (χ0v) is 17.2. The largest absolute Gasteiger partial charge is 0.453 e. The lowest BCUT2D eigenvalue weighted by molar-refractivity contribution is -0.113. The molecule has 0 radical (unpaired) electrons. The highest BCUT2D eigenvalue weighted by atomic mass is 35.5. The van der Waals surface area contributed by atoms with Gasteiger partial charge in [-0.05, 0) is 12.1 Å². The fourth-order valence-electron chi connectivity index (χ4n) is 2.11. The molecule has 3 amide bonds. The number of benzene rings is 1. The molecule has 158 valence electrons. The predicted molar refractivity (Wildman–Crippen MR) is 110 cm³/mol. The third-order valence-electron chi connectivity index (χ3n) is 3.54. The van der Waals surface area contributed by atoms with E-state index in [1.165, 1.54) is 31.4 Å². The van der Waals surface area contributed by atoms with Crippen LogP contribution < -0.4 is 26.2 Å². The molecule has 0 aliphatic carbocycles. The molecular formula is C18H16Cl2N4O6. The molecule has 12 heteroatoms. The monoisotopic (exact) mass is 454 g/mol. The van der Waals surface area contributed by atoms with Crippen LogP contribution in [0.4, 0.5) is 10.5 Å². The summed E-state index contributed by atoms with van der Waals surface area (Å²) in [7, 11) is 2.52. The van der Waals surface area contributed by atoms with Crippen LogP contribution in [0.2, 0.25) is 10.0 Å². The Morgan fingerprint density at radius 3 is 2.33 bits per heavy atom. The molecule has 0 unspecified atom stereocenters. The van der Waals surface area contributed by atoms with Gasteiger partial charge in [-0.1, -0.05) is 29.8 Å². The Hall–Kier alpha value is -3.50. The molecule has 2 rings (SSSR count). The van der Waals surface area contributed by atoms with E-state index in [-0.39, 0.29) is 38.5 Å². The second kappa shape index (κ2) is 9.81. The van der Waals surface area contributed by atoms with Crippen LogP contribution in [0.25, 0.3) is 0 Å². The van der Waals surface area contributed by atoms with Crippen molar-refractivity contribution >= 4 is 46.8 Å². The highest BCUT2D eigenvalue weighted by Gasteiger charge is 2.16. The first kappa shape index (κ1) is 22.8. The molecule has 2 aromatic rings. The van der Waals surface area contributed by atoms with Crippen LogP contribution in [0, 0.1) is 0 Å². The molecule has 0 atom stereocenters. The lowest BCUT2D eigenvalue weighted by Crippen LogP contribution is -2.29. The number of amides is 3. The predicted octanol–water partition coefficient (Wildman–Crippen LogP) is 2.64. The van der Waals surface area contributed by atoms with Crippen molar-refractivity contribution in [1.29, 1.82) is 0 Å². The molecule has 0 saturated heterocycles.